The molecule has 94 valence electrons. The molecule has 3 nitrogen and oxygen atoms in total. The molecule has 1 aliphatic heterocycles. The third kappa shape index (κ3) is 2.63. The van der Waals surface area contributed by atoms with Crippen LogP contribution in [0.15, 0.2) is 0 Å². The number of amides is 1. The van der Waals surface area contributed by atoms with E-state index in [9.17, 15) is 4.79 Å². The summed E-state index contributed by atoms with van der Waals surface area (Å²) in [6, 6.07) is 0. The van der Waals surface area contributed by atoms with Crippen molar-refractivity contribution in [2.24, 2.45) is 0 Å². The van der Waals surface area contributed by atoms with Crippen LogP contribution >= 0.6 is 0 Å². The van der Waals surface area contributed by atoms with Crippen LogP contribution in [0.1, 0.15) is 44.9 Å². The Kier molecular flexibility index (Phi) is 4.06. The van der Waals surface area contributed by atoms with Gasteiger partial charge in [0.15, 0.2) is 0 Å². The maximum absolute atomic E-state index is 12.2. The second-order valence-electron chi connectivity index (χ2n) is 5.21. The van der Waals surface area contributed by atoms with E-state index < -0.39 is 0 Å². The molecule has 2 aliphatic rings. The highest BCUT2D eigenvalue weighted by Gasteiger charge is 2.41. The van der Waals surface area contributed by atoms with Crippen LogP contribution in [0.25, 0.3) is 0 Å². The summed E-state index contributed by atoms with van der Waals surface area (Å²) in [7, 11) is 0. The van der Waals surface area contributed by atoms with Crippen LogP contribution in [-0.4, -0.2) is 36.0 Å². The smallest absolute Gasteiger partial charge is 0.224 e. The van der Waals surface area contributed by atoms with Gasteiger partial charge >= 0.3 is 0 Å². The molecule has 0 radical (unpaired) electrons. The summed E-state index contributed by atoms with van der Waals surface area (Å²) < 4.78 is 0. The Morgan fingerprint density at radius 1 is 1.35 bits per heavy atom. The third-order valence-corrected chi connectivity index (χ3v) is 4.11. The van der Waals surface area contributed by atoms with Crippen LogP contribution in [-0.2, 0) is 4.79 Å². The Morgan fingerprint density at radius 2 is 2.12 bits per heavy atom. The van der Waals surface area contributed by atoms with Gasteiger partial charge in [-0.3, -0.25) is 4.79 Å². The second kappa shape index (κ2) is 5.55. The molecule has 1 spiro atoms. The number of carbonyl (C=O) groups is 1. The van der Waals surface area contributed by atoms with E-state index in [0.29, 0.717) is 12.8 Å². The molecule has 2 rings (SSSR count). The number of nitrogens with zero attached hydrogens (tertiary/aromatic N) is 1. The van der Waals surface area contributed by atoms with E-state index in [4.69, 9.17) is 6.42 Å². The first kappa shape index (κ1) is 12.4. The molecule has 0 bridgehead atoms. The van der Waals surface area contributed by atoms with Gasteiger partial charge in [0.2, 0.25) is 5.91 Å². The summed E-state index contributed by atoms with van der Waals surface area (Å²) in [6.45, 7) is 2.74. The summed E-state index contributed by atoms with van der Waals surface area (Å²) in [6.07, 6.45) is 12.4. The van der Waals surface area contributed by atoms with Crippen molar-refractivity contribution in [1.82, 2.24) is 10.2 Å². The first-order valence-corrected chi connectivity index (χ1v) is 6.73. The molecular weight excluding hydrogens is 212 g/mol. The summed E-state index contributed by atoms with van der Waals surface area (Å²) in [4.78, 5) is 14.4. The Hall–Kier alpha value is -1.01. The van der Waals surface area contributed by atoms with Crippen molar-refractivity contribution in [3.63, 3.8) is 0 Å². The maximum Gasteiger partial charge on any atom is 0.224 e. The van der Waals surface area contributed by atoms with Gasteiger partial charge in [0, 0.05) is 32.5 Å². The fourth-order valence-electron chi connectivity index (χ4n) is 3.20. The maximum atomic E-state index is 12.2. The Balaban J connectivity index is 2.06. The van der Waals surface area contributed by atoms with E-state index in [1.807, 2.05) is 0 Å². The molecule has 1 aliphatic carbocycles. The van der Waals surface area contributed by atoms with Crippen molar-refractivity contribution in [3.05, 3.63) is 0 Å². The Labute approximate surface area is 104 Å². The van der Waals surface area contributed by atoms with Gasteiger partial charge in [-0.1, -0.05) is 19.3 Å². The molecule has 0 aromatic carbocycles. The first-order valence-electron chi connectivity index (χ1n) is 6.73. The van der Waals surface area contributed by atoms with E-state index in [1.165, 1.54) is 19.3 Å². The minimum absolute atomic E-state index is 0.0994. The minimum Gasteiger partial charge on any atom is -0.334 e. The largest absolute Gasteiger partial charge is 0.334 e. The molecule has 1 saturated heterocycles. The van der Waals surface area contributed by atoms with Gasteiger partial charge in [0.25, 0.3) is 0 Å². The summed E-state index contributed by atoms with van der Waals surface area (Å²) >= 11 is 0. The molecule has 0 aromatic rings. The molecule has 0 unspecified atom stereocenters. The fourth-order valence-corrected chi connectivity index (χ4v) is 3.20. The van der Waals surface area contributed by atoms with Crippen LogP contribution in [0.4, 0.5) is 0 Å². The van der Waals surface area contributed by atoms with E-state index in [1.54, 1.807) is 0 Å². The fraction of sp³-hybridized carbons (Fsp3) is 0.786. The Morgan fingerprint density at radius 3 is 2.82 bits per heavy atom. The summed E-state index contributed by atoms with van der Waals surface area (Å²) in [5, 5.41) is 3.45. The highest BCUT2D eigenvalue weighted by molar-refractivity contribution is 5.77. The molecule has 0 aromatic heterocycles. The van der Waals surface area contributed by atoms with Gasteiger partial charge in [-0.05, 0) is 12.8 Å². The van der Waals surface area contributed by atoms with Crippen LogP contribution in [0, 0.1) is 12.3 Å². The second-order valence-corrected chi connectivity index (χ2v) is 5.21. The lowest BCUT2D eigenvalue weighted by atomic mass is 9.79. The molecule has 0 atom stereocenters. The molecule has 1 amide bonds. The number of rotatable bonds is 2. The standard InChI is InChI=1S/C14H22N2O/c1-2-3-7-13(17)16-11-10-15-12-14(16)8-5-4-6-9-14/h1,15H,3-12H2. The number of hydrogen-bond donors (Lipinski definition) is 1. The summed E-state index contributed by atoms with van der Waals surface area (Å²) in [5.41, 5.74) is 0.0994. The van der Waals surface area contributed by atoms with Gasteiger partial charge in [0.05, 0.1) is 5.54 Å². The van der Waals surface area contributed by atoms with Gasteiger partial charge in [-0.25, -0.2) is 0 Å². The van der Waals surface area contributed by atoms with E-state index >= 15 is 0 Å². The average Bonchev–Trinajstić information content (AvgIpc) is 2.37. The average molecular weight is 234 g/mol. The quantitative estimate of drug-likeness (QED) is 0.735. The van der Waals surface area contributed by atoms with Crippen molar-refractivity contribution in [1.29, 1.82) is 0 Å². The zero-order chi connectivity index (χ0) is 12.1. The number of nitrogens with one attached hydrogen (secondary N) is 1. The molecule has 3 heteroatoms. The highest BCUT2D eigenvalue weighted by atomic mass is 16.2. The van der Waals surface area contributed by atoms with Gasteiger partial charge in [-0.2, -0.15) is 0 Å². The molecule has 2 fully saturated rings. The molecular formula is C14H22N2O. The van der Waals surface area contributed by atoms with Crippen molar-refractivity contribution in [3.8, 4) is 12.3 Å². The van der Waals surface area contributed by atoms with Gasteiger partial charge in [0.1, 0.15) is 0 Å². The molecule has 1 saturated carbocycles. The number of terminal acetylenes is 1. The van der Waals surface area contributed by atoms with Crippen molar-refractivity contribution in [2.45, 2.75) is 50.5 Å². The number of carbonyl (C=O) groups excluding carboxylic acids is 1. The zero-order valence-electron chi connectivity index (χ0n) is 10.5. The normalized spacial score (nSPS) is 23.4. The highest BCUT2D eigenvalue weighted by Crippen LogP contribution is 2.35. The molecule has 1 heterocycles. The SMILES string of the molecule is C#CCCC(=O)N1CCNCC12CCCCC2. The Bertz CT molecular complexity index is 304. The lowest BCUT2D eigenvalue weighted by Crippen LogP contribution is -2.63. The predicted molar refractivity (Wildman–Crippen MR) is 68.5 cm³/mol. The van der Waals surface area contributed by atoms with E-state index in [-0.39, 0.29) is 11.4 Å². The lowest BCUT2D eigenvalue weighted by Gasteiger charge is -2.50. The van der Waals surface area contributed by atoms with Crippen LogP contribution in [0.5, 0.6) is 0 Å². The monoisotopic (exact) mass is 234 g/mol. The van der Waals surface area contributed by atoms with Crippen LogP contribution < -0.4 is 5.32 Å². The lowest BCUT2D eigenvalue weighted by molar-refractivity contribution is -0.140. The topological polar surface area (TPSA) is 32.3 Å². The van der Waals surface area contributed by atoms with E-state index in [2.05, 4.69) is 16.1 Å². The zero-order valence-corrected chi connectivity index (χ0v) is 10.5. The number of piperazine rings is 1. The first-order chi connectivity index (χ1) is 8.28. The van der Waals surface area contributed by atoms with Crippen molar-refractivity contribution < 1.29 is 4.79 Å². The van der Waals surface area contributed by atoms with Crippen LogP contribution in [0.3, 0.4) is 0 Å². The molecule has 1 N–H and O–H groups in total. The van der Waals surface area contributed by atoms with Crippen molar-refractivity contribution >= 4 is 5.91 Å². The summed E-state index contributed by atoms with van der Waals surface area (Å²) in [5.74, 6) is 2.82. The molecule has 17 heavy (non-hydrogen) atoms. The predicted octanol–water partition coefficient (Wildman–Crippen LogP) is 1.53. The van der Waals surface area contributed by atoms with Gasteiger partial charge in [-0.15, -0.1) is 12.3 Å². The van der Waals surface area contributed by atoms with E-state index in [0.717, 1.165) is 32.5 Å². The van der Waals surface area contributed by atoms with Crippen LogP contribution in [0.2, 0.25) is 0 Å². The number of hydrogen-bond acceptors (Lipinski definition) is 2. The van der Waals surface area contributed by atoms with Gasteiger partial charge < -0.3 is 10.2 Å². The van der Waals surface area contributed by atoms with Crippen molar-refractivity contribution in [2.75, 3.05) is 19.6 Å². The minimum atomic E-state index is 0.0994. The third-order valence-electron chi connectivity index (χ3n) is 4.11.